The molecule has 0 radical (unpaired) electrons. The van der Waals surface area contributed by atoms with Crippen LogP contribution in [-0.4, -0.2) is 22.2 Å². The number of amides is 1. The Kier molecular flexibility index (Phi) is 5.85. The van der Waals surface area contributed by atoms with Gasteiger partial charge in [0.25, 0.3) is 0 Å². The van der Waals surface area contributed by atoms with E-state index in [1.54, 1.807) is 10.9 Å². The van der Waals surface area contributed by atoms with Gasteiger partial charge in [0.05, 0.1) is 6.20 Å². The van der Waals surface area contributed by atoms with Crippen LogP contribution in [0.2, 0.25) is 0 Å². The van der Waals surface area contributed by atoms with Gasteiger partial charge in [-0.3, -0.25) is 4.79 Å². The highest BCUT2D eigenvalue weighted by Gasteiger charge is 2.10. The Morgan fingerprint density at radius 1 is 1.44 bits per heavy atom. The molecule has 1 atom stereocenters. The van der Waals surface area contributed by atoms with Crippen LogP contribution in [0.5, 0.6) is 0 Å². The van der Waals surface area contributed by atoms with Gasteiger partial charge in [-0.1, -0.05) is 6.92 Å². The maximum Gasteiger partial charge on any atom is 0.225 e. The Balaban J connectivity index is 2.42. The first kappa shape index (κ1) is 14.7. The van der Waals surface area contributed by atoms with Crippen LogP contribution in [0.25, 0.3) is 0 Å². The van der Waals surface area contributed by atoms with E-state index in [4.69, 9.17) is 5.73 Å². The second-order valence-corrected chi connectivity index (χ2v) is 5.02. The SMILES string of the molecule is CC(CCN)CCC(=O)Nc1ccnn1C(C)C. The van der Waals surface area contributed by atoms with E-state index in [0.29, 0.717) is 18.9 Å². The summed E-state index contributed by atoms with van der Waals surface area (Å²) < 4.78 is 1.81. The van der Waals surface area contributed by atoms with Crippen LogP contribution in [0.15, 0.2) is 12.3 Å². The molecule has 1 rings (SSSR count). The lowest BCUT2D eigenvalue weighted by molar-refractivity contribution is -0.116. The first-order valence-electron chi connectivity index (χ1n) is 6.58. The molecule has 1 amide bonds. The fourth-order valence-electron chi connectivity index (χ4n) is 1.84. The molecule has 0 aliphatic heterocycles. The van der Waals surface area contributed by atoms with Gasteiger partial charge < -0.3 is 11.1 Å². The van der Waals surface area contributed by atoms with Gasteiger partial charge in [0, 0.05) is 18.5 Å². The largest absolute Gasteiger partial charge is 0.330 e. The number of nitrogens with two attached hydrogens (primary N) is 1. The monoisotopic (exact) mass is 252 g/mol. The number of hydrogen-bond acceptors (Lipinski definition) is 3. The molecule has 0 fully saturated rings. The Hall–Kier alpha value is -1.36. The summed E-state index contributed by atoms with van der Waals surface area (Å²) in [6, 6.07) is 2.06. The zero-order chi connectivity index (χ0) is 13.5. The van der Waals surface area contributed by atoms with Gasteiger partial charge in [0.15, 0.2) is 0 Å². The average molecular weight is 252 g/mol. The Bertz CT molecular complexity index is 373. The predicted molar refractivity (Wildman–Crippen MR) is 73.3 cm³/mol. The summed E-state index contributed by atoms with van der Waals surface area (Å²) in [6.07, 6.45) is 4.08. The zero-order valence-electron chi connectivity index (χ0n) is 11.5. The van der Waals surface area contributed by atoms with Crippen molar-refractivity contribution in [3.05, 3.63) is 12.3 Å². The van der Waals surface area contributed by atoms with Crippen molar-refractivity contribution in [1.82, 2.24) is 9.78 Å². The number of carbonyl (C=O) groups excluding carboxylic acids is 1. The molecule has 0 bridgehead atoms. The van der Waals surface area contributed by atoms with Gasteiger partial charge in [-0.2, -0.15) is 5.10 Å². The van der Waals surface area contributed by atoms with Crippen molar-refractivity contribution in [2.75, 3.05) is 11.9 Å². The topological polar surface area (TPSA) is 72.9 Å². The summed E-state index contributed by atoms with van der Waals surface area (Å²) in [7, 11) is 0. The molecular formula is C13H24N4O. The number of hydrogen-bond donors (Lipinski definition) is 2. The van der Waals surface area contributed by atoms with E-state index in [9.17, 15) is 4.79 Å². The summed E-state index contributed by atoms with van der Waals surface area (Å²) in [4.78, 5) is 11.8. The number of anilines is 1. The minimum absolute atomic E-state index is 0.0428. The number of carbonyl (C=O) groups is 1. The minimum atomic E-state index is 0.0428. The fraction of sp³-hybridized carbons (Fsp3) is 0.692. The summed E-state index contributed by atoms with van der Waals surface area (Å²) in [5.74, 6) is 1.30. The van der Waals surface area contributed by atoms with E-state index in [2.05, 4.69) is 17.3 Å². The van der Waals surface area contributed by atoms with E-state index in [-0.39, 0.29) is 11.9 Å². The molecule has 5 nitrogen and oxygen atoms in total. The van der Waals surface area contributed by atoms with Crippen LogP contribution in [-0.2, 0) is 4.79 Å². The van der Waals surface area contributed by atoms with Gasteiger partial charge in [-0.25, -0.2) is 4.68 Å². The third kappa shape index (κ3) is 4.49. The molecule has 18 heavy (non-hydrogen) atoms. The molecule has 0 saturated carbocycles. The molecule has 1 heterocycles. The molecule has 5 heteroatoms. The molecule has 1 aromatic rings. The fourth-order valence-corrected chi connectivity index (χ4v) is 1.84. The lowest BCUT2D eigenvalue weighted by atomic mass is 10.0. The summed E-state index contributed by atoms with van der Waals surface area (Å²) in [5.41, 5.74) is 5.49. The Morgan fingerprint density at radius 2 is 2.17 bits per heavy atom. The van der Waals surface area contributed by atoms with Crippen LogP contribution in [0.3, 0.4) is 0 Å². The van der Waals surface area contributed by atoms with Gasteiger partial charge in [0.2, 0.25) is 5.91 Å². The molecule has 0 spiro atoms. The number of nitrogens with one attached hydrogen (secondary N) is 1. The van der Waals surface area contributed by atoms with Crippen LogP contribution in [0, 0.1) is 5.92 Å². The van der Waals surface area contributed by atoms with Crippen molar-refractivity contribution in [3.8, 4) is 0 Å². The van der Waals surface area contributed by atoms with Crippen LogP contribution in [0.1, 0.15) is 46.1 Å². The smallest absolute Gasteiger partial charge is 0.225 e. The van der Waals surface area contributed by atoms with E-state index in [0.717, 1.165) is 18.7 Å². The third-order valence-electron chi connectivity index (χ3n) is 2.95. The highest BCUT2D eigenvalue weighted by molar-refractivity contribution is 5.89. The quantitative estimate of drug-likeness (QED) is 0.781. The Labute approximate surface area is 109 Å². The van der Waals surface area contributed by atoms with E-state index in [1.165, 1.54) is 0 Å². The number of nitrogens with zero attached hydrogens (tertiary/aromatic N) is 2. The van der Waals surface area contributed by atoms with Gasteiger partial charge in [-0.15, -0.1) is 0 Å². The molecule has 0 saturated heterocycles. The number of rotatable bonds is 7. The molecule has 1 aromatic heterocycles. The van der Waals surface area contributed by atoms with Crippen LogP contribution < -0.4 is 11.1 Å². The molecule has 3 N–H and O–H groups in total. The van der Waals surface area contributed by atoms with Crippen LogP contribution in [0.4, 0.5) is 5.82 Å². The zero-order valence-corrected chi connectivity index (χ0v) is 11.5. The summed E-state index contributed by atoms with van der Waals surface area (Å²) in [6.45, 7) is 6.87. The van der Waals surface area contributed by atoms with Crippen molar-refractivity contribution in [1.29, 1.82) is 0 Å². The van der Waals surface area contributed by atoms with E-state index in [1.807, 2.05) is 19.9 Å². The molecule has 0 aromatic carbocycles. The van der Waals surface area contributed by atoms with Crippen molar-refractivity contribution in [2.45, 2.75) is 46.1 Å². The second kappa shape index (κ2) is 7.16. The first-order chi connectivity index (χ1) is 8.54. The van der Waals surface area contributed by atoms with Crippen molar-refractivity contribution in [2.24, 2.45) is 11.7 Å². The molecule has 1 unspecified atom stereocenters. The van der Waals surface area contributed by atoms with Gasteiger partial charge >= 0.3 is 0 Å². The maximum atomic E-state index is 11.8. The third-order valence-corrected chi connectivity index (χ3v) is 2.95. The standard InChI is InChI=1S/C13H24N4O/c1-10(2)17-12(7-9-15-17)16-13(18)5-4-11(3)6-8-14/h7,9-11H,4-6,8,14H2,1-3H3,(H,16,18). The highest BCUT2D eigenvalue weighted by Crippen LogP contribution is 2.15. The summed E-state index contributed by atoms with van der Waals surface area (Å²) >= 11 is 0. The van der Waals surface area contributed by atoms with Gasteiger partial charge in [-0.05, 0) is 39.2 Å². The van der Waals surface area contributed by atoms with Crippen molar-refractivity contribution >= 4 is 11.7 Å². The normalized spacial score (nSPS) is 12.7. The van der Waals surface area contributed by atoms with E-state index >= 15 is 0 Å². The molecule has 102 valence electrons. The number of aromatic nitrogens is 2. The van der Waals surface area contributed by atoms with Gasteiger partial charge in [0.1, 0.15) is 5.82 Å². The maximum absolute atomic E-state index is 11.8. The highest BCUT2D eigenvalue weighted by atomic mass is 16.1. The predicted octanol–water partition coefficient (Wildman–Crippen LogP) is 2.17. The molecule has 0 aliphatic rings. The van der Waals surface area contributed by atoms with Crippen molar-refractivity contribution in [3.63, 3.8) is 0 Å². The average Bonchev–Trinajstić information content (AvgIpc) is 2.75. The molecule has 0 aliphatic carbocycles. The summed E-state index contributed by atoms with van der Waals surface area (Å²) in [5, 5.41) is 7.08. The minimum Gasteiger partial charge on any atom is -0.330 e. The molecular weight excluding hydrogens is 228 g/mol. The lowest BCUT2D eigenvalue weighted by Gasteiger charge is -2.13. The van der Waals surface area contributed by atoms with E-state index < -0.39 is 0 Å². The second-order valence-electron chi connectivity index (χ2n) is 5.02. The van der Waals surface area contributed by atoms with Crippen molar-refractivity contribution < 1.29 is 4.79 Å². The lowest BCUT2D eigenvalue weighted by Crippen LogP contribution is -2.17. The Morgan fingerprint density at radius 3 is 2.78 bits per heavy atom. The van der Waals surface area contributed by atoms with Crippen LogP contribution >= 0.6 is 0 Å². The first-order valence-corrected chi connectivity index (χ1v) is 6.58.